The van der Waals surface area contributed by atoms with E-state index in [-0.39, 0.29) is 0 Å². The summed E-state index contributed by atoms with van der Waals surface area (Å²) in [6.07, 6.45) is 2.74. The van der Waals surface area contributed by atoms with Crippen LogP contribution in [0.2, 0.25) is 0 Å². The molecule has 0 bridgehead atoms. The molecule has 4 aromatic carbocycles. The molecule has 0 aliphatic carbocycles. The van der Waals surface area contributed by atoms with Gasteiger partial charge >= 0.3 is 6.09 Å². The topological polar surface area (TPSA) is 46.5 Å². The Morgan fingerprint density at radius 1 is 0.897 bits per heavy atom. The van der Waals surface area contributed by atoms with Gasteiger partial charge in [-0.3, -0.25) is 5.32 Å². The molecule has 5 heteroatoms. The van der Waals surface area contributed by atoms with E-state index in [4.69, 9.17) is 4.74 Å². The molecule has 39 heavy (non-hydrogen) atoms. The summed E-state index contributed by atoms with van der Waals surface area (Å²) in [7, 11) is 0. The molecule has 1 aliphatic heterocycles. The quantitative estimate of drug-likeness (QED) is 0.239. The van der Waals surface area contributed by atoms with E-state index < -0.39 is 6.09 Å². The first-order chi connectivity index (χ1) is 19.0. The summed E-state index contributed by atoms with van der Waals surface area (Å²) in [5.41, 5.74) is 8.23. The minimum absolute atomic E-state index is 0.449. The van der Waals surface area contributed by atoms with Gasteiger partial charge in [0, 0.05) is 48.1 Å². The number of fused-ring (bicyclic) bond motifs is 2. The van der Waals surface area contributed by atoms with Crippen LogP contribution in [-0.4, -0.2) is 17.2 Å². The number of aromatic nitrogens is 1. The van der Waals surface area contributed by atoms with Gasteiger partial charge in [0.2, 0.25) is 0 Å². The molecule has 1 amide bonds. The van der Waals surface area contributed by atoms with Crippen molar-refractivity contribution in [2.45, 2.75) is 39.3 Å². The second kappa shape index (κ2) is 10.7. The average molecular weight is 516 g/mol. The Labute approximate surface area is 229 Å². The highest BCUT2D eigenvalue weighted by atomic mass is 16.6. The van der Waals surface area contributed by atoms with Crippen molar-refractivity contribution in [1.29, 1.82) is 0 Å². The monoisotopic (exact) mass is 515 g/mol. The molecule has 1 aliphatic rings. The van der Waals surface area contributed by atoms with Crippen LogP contribution in [0, 0.1) is 0 Å². The van der Waals surface area contributed by atoms with Gasteiger partial charge in [-0.2, -0.15) is 0 Å². The maximum atomic E-state index is 12.5. The molecular weight excluding hydrogens is 482 g/mol. The van der Waals surface area contributed by atoms with Crippen LogP contribution in [0.15, 0.2) is 103 Å². The van der Waals surface area contributed by atoms with Crippen molar-refractivity contribution in [3.8, 4) is 5.75 Å². The lowest BCUT2D eigenvalue weighted by molar-refractivity contribution is 0.215. The lowest BCUT2D eigenvalue weighted by atomic mass is 10.0. The number of hydrogen-bond donors (Lipinski definition) is 1. The van der Waals surface area contributed by atoms with E-state index in [1.807, 2.05) is 36.4 Å². The van der Waals surface area contributed by atoms with Crippen LogP contribution in [0.3, 0.4) is 0 Å². The standard InChI is InChI=1S/C34H33N3O2/c1-24(2)26-12-14-29(15-13-26)35-34(38)39-30-16-17-32-27(20-30)18-19-36(32)22-28-23-37(21-25-8-4-3-5-9-25)33-11-7-6-10-31(28)33/h3-17,20,23-24H,18-19,21-22H2,1-2H3,(H,35,38). The molecule has 0 spiro atoms. The third-order valence-corrected chi connectivity index (χ3v) is 7.51. The molecule has 5 nitrogen and oxygen atoms in total. The van der Waals surface area contributed by atoms with Crippen LogP contribution in [0.5, 0.6) is 5.75 Å². The lowest BCUT2D eigenvalue weighted by Gasteiger charge is -2.19. The molecule has 1 aromatic heterocycles. The van der Waals surface area contributed by atoms with Crippen molar-refractivity contribution < 1.29 is 9.53 Å². The normalized spacial score (nSPS) is 12.6. The molecule has 0 radical (unpaired) electrons. The number of nitrogens with one attached hydrogen (secondary N) is 1. The van der Waals surface area contributed by atoms with Gasteiger partial charge < -0.3 is 14.2 Å². The Bertz CT molecular complexity index is 1600. The van der Waals surface area contributed by atoms with Gasteiger partial charge in [-0.1, -0.05) is 74.5 Å². The molecule has 6 rings (SSSR count). The van der Waals surface area contributed by atoms with Crippen molar-refractivity contribution >= 4 is 28.4 Å². The first-order valence-electron chi connectivity index (χ1n) is 13.6. The van der Waals surface area contributed by atoms with Gasteiger partial charge in [-0.15, -0.1) is 0 Å². The number of benzene rings is 4. The van der Waals surface area contributed by atoms with Crippen molar-refractivity contribution in [2.75, 3.05) is 16.8 Å². The number of hydrogen-bond acceptors (Lipinski definition) is 3. The second-order valence-corrected chi connectivity index (χ2v) is 10.5. The Hall–Kier alpha value is -4.51. The fourth-order valence-electron chi connectivity index (χ4n) is 5.44. The van der Waals surface area contributed by atoms with Crippen molar-refractivity contribution in [1.82, 2.24) is 4.57 Å². The predicted octanol–water partition coefficient (Wildman–Crippen LogP) is 7.99. The van der Waals surface area contributed by atoms with E-state index >= 15 is 0 Å². The Morgan fingerprint density at radius 3 is 2.46 bits per heavy atom. The van der Waals surface area contributed by atoms with Crippen molar-refractivity contribution in [3.63, 3.8) is 0 Å². The van der Waals surface area contributed by atoms with Gasteiger partial charge in [0.05, 0.1) is 0 Å². The number of rotatable bonds is 7. The molecule has 1 N–H and O–H groups in total. The Balaban J connectivity index is 1.15. The van der Waals surface area contributed by atoms with Gasteiger partial charge in [0.1, 0.15) is 5.75 Å². The third kappa shape index (κ3) is 5.39. The van der Waals surface area contributed by atoms with Crippen LogP contribution in [0.25, 0.3) is 10.9 Å². The molecular formula is C34H33N3O2. The van der Waals surface area contributed by atoms with E-state index in [1.165, 1.54) is 38.8 Å². The van der Waals surface area contributed by atoms with Crippen LogP contribution in [0.1, 0.15) is 42.0 Å². The first kappa shape index (κ1) is 24.8. The minimum atomic E-state index is -0.478. The highest BCUT2D eigenvalue weighted by molar-refractivity contribution is 5.87. The molecule has 0 saturated heterocycles. The van der Waals surface area contributed by atoms with Crippen LogP contribution < -0.4 is 15.0 Å². The SMILES string of the molecule is CC(C)c1ccc(NC(=O)Oc2ccc3c(c2)CCN3Cc2cn(Cc3ccccc3)c3ccccc23)cc1. The van der Waals surface area contributed by atoms with E-state index in [2.05, 4.69) is 95.5 Å². The maximum absolute atomic E-state index is 12.5. The highest BCUT2D eigenvalue weighted by Crippen LogP contribution is 2.34. The van der Waals surface area contributed by atoms with E-state index in [1.54, 1.807) is 0 Å². The number of carbonyl (C=O) groups excluding carboxylic acids is 1. The van der Waals surface area contributed by atoms with Gasteiger partial charge in [-0.25, -0.2) is 4.79 Å². The van der Waals surface area contributed by atoms with Crippen LogP contribution in [-0.2, 0) is 19.5 Å². The summed E-state index contributed by atoms with van der Waals surface area (Å²) in [5.74, 6) is 1.01. The zero-order valence-electron chi connectivity index (χ0n) is 22.4. The first-order valence-corrected chi connectivity index (χ1v) is 13.6. The summed E-state index contributed by atoms with van der Waals surface area (Å²) in [6, 6.07) is 33.1. The highest BCUT2D eigenvalue weighted by Gasteiger charge is 2.22. The van der Waals surface area contributed by atoms with Gasteiger partial charge in [0.25, 0.3) is 0 Å². The number of ether oxygens (including phenoxy) is 1. The number of anilines is 2. The molecule has 0 atom stereocenters. The van der Waals surface area contributed by atoms with E-state index in [0.29, 0.717) is 11.7 Å². The van der Waals surface area contributed by atoms with Crippen LogP contribution in [0.4, 0.5) is 16.2 Å². The van der Waals surface area contributed by atoms with Gasteiger partial charge in [0.15, 0.2) is 0 Å². The maximum Gasteiger partial charge on any atom is 0.417 e. The third-order valence-electron chi connectivity index (χ3n) is 7.51. The molecule has 0 fully saturated rings. The van der Waals surface area contributed by atoms with Crippen LogP contribution >= 0.6 is 0 Å². The Morgan fingerprint density at radius 2 is 1.67 bits per heavy atom. The Kier molecular flexibility index (Phi) is 6.80. The van der Waals surface area contributed by atoms with E-state index in [9.17, 15) is 4.79 Å². The minimum Gasteiger partial charge on any atom is -0.410 e. The fourth-order valence-corrected chi connectivity index (χ4v) is 5.44. The fraction of sp³-hybridized carbons (Fsp3) is 0.206. The summed E-state index contributed by atoms with van der Waals surface area (Å²) in [4.78, 5) is 14.9. The largest absolute Gasteiger partial charge is 0.417 e. The zero-order chi connectivity index (χ0) is 26.8. The van der Waals surface area contributed by atoms with Crippen molar-refractivity contribution in [3.05, 3.63) is 126 Å². The summed E-state index contributed by atoms with van der Waals surface area (Å²) in [5, 5.41) is 4.12. The zero-order valence-corrected chi connectivity index (χ0v) is 22.4. The number of amides is 1. The second-order valence-electron chi connectivity index (χ2n) is 10.5. The molecule has 2 heterocycles. The summed E-state index contributed by atoms with van der Waals surface area (Å²) >= 11 is 0. The lowest BCUT2D eigenvalue weighted by Crippen LogP contribution is -2.19. The molecule has 5 aromatic rings. The smallest absolute Gasteiger partial charge is 0.410 e. The summed E-state index contributed by atoms with van der Waals surface area (Å²) < 4.78 is 7.97. The summed E-state index contributed by atoms with van der Waals surface area (Å²) in [6.45, 7) is 6.92. The molecule has 0 unspecified atom stereocenters. The van der Waals surface area contributed by atoms with Crippen molar-refractivity contribution in [2.24, 2.45) is 0 Å². The molecule has 0 saturated carbocycles. The predicted molar refractivity (Wildman–Crippen MR) is 159 cm³/mol. The average Bonchev–Trinajstić information content (AvgIpc) is 3.50. The number of nitrogens with zero attached hydrogens (tertiary/aromatic N) is 2. The molecule has 196 valence electrons. The number of para-hydroxylation sites is 1. The number of carbonyl (C=O) groups is 1. The van der Waals surface area contributed by atoms with E-state index in [0.717, 1.165) is 31.7 Å². The van der Waals surface area contributed by atoms with Gasteiger partial charge in [-0.05, 0) is 71.0 Å².